The van der Waals surface area contributed by atoms with Crippen molar-refractivity contribution in [2.45, 2.75) is 25.3 Å². The van der Waals surface area contributed by atoms with Crippen LogP contribution in [-0.4, -0.2) is 25.9 Å². The number of isocyanates is 1. The second-order valence-corrected chi connectivity index (χ2v) is 4.94. The molecule has 0 spiro atoms. The second kappa shape index (κ2) is 3.77. The summed E-state index contributed by atoms with van der Waals surface area (Å²) >= 11 is 0. The summed E-state index contributed by atoms with van der Waals surface area (Å²) in [5, 5.41) is -5.25. The Balaban J connectivity index is 5.82. The molecule has 0 saturated carbocycles. The Hall–Kier alpha value is -1.02. The van der Waals surface area contributed by atoms with Crippen molar-refractivity contribution < 1.29 is 35.2 Å². The minimum Gasteiger partial charge on any atom is -0.210 e. The van der Waals surface area contributed by atoms with Crippen LogP contribution in [0.25, 0.3) is 0 Å². The minimum atomic E-state index is -5.90. The lowest BCUT2D eigenvalue weighted by Crippen LogP contribution is -2.51. The maximum Gasteiger partial charge on any atom is 0.400 e. The van der Waals surface area contributed by atoms with Gasteiger partial charge in [-0.15, -0.1) is 0 Å². The number of sulfonamides is 1. The molecule has 0 amide bonds. The van der Waals surface area contributed by atoms with E-state index in [1.54, 1.807) is 4.40 Å². The molecular weight excluding hydrogens is 261 g/mol. The summed E-state index contributed by atoms with van der Waals surface area (Å²) in [5.74, 6) is 0. The number of hydrogen-bond donors (Lipinski definition) is 0. The number of alkyl halides is 5. The van der Waals surface area contributed by atoms with Crippen molar-refractivity contribution in [1.82, 2.24) is 0 Å². The van der Waals surface area contributed by atoms with Gasteiger partial charge in [-0.3, -0.25) is 0 Å². The molecule has 0 bridgehead atoms. The summed E-state index contributed by atoms with van der Waals surface area (Å²) < 4.78 is 85.9. The van der Waals surface area contributed by atoms with E-state index in [-0.39, 0.29) is 19.9 Å². The molecule has 0 fully saturated rings. The van der Waals surface area contributed by atoms with Crippen LogP contribution < -0.4 is 0 Å². The van der Waals surface area contributed by atoms with E-state index in [0.717, 1.165) is 0 Å². The van der Waals surface area contributed by atoms with Crippen LogP contribution in [0.15, 0.2) is 4.40 Å². The Labute approximate surface area is 87.2 Å². The van der Waals surface area contributed by atoms with E-state index in [9.17, 15) is 35.2 Å². The SMILES string of the molecule is CC(C)(C(F)(F)F)C(F)(F)S(=O)(=O)N=C=O. The summed E-state index contributed by atoms with van der Waals surface area (Å²) in [6.07, 6.45) is -5.21. The van der Waals surface area contributed by atoms with E-state index >= 15 is 0 Å². The standard InChI is InChI=1S/C6H6F5NO3S/c1-4(2,5(7,8)9)6(10,11)16(14,15)12-3-13/h1-2H3. The van der Waals surface area contributed by atoms with Crippen LogP contribution in [-0.2, 0) is 14.8 Å². The molecule has 94 valence electrons. The molecule has 0 radical (unpaired) electrons. The van der Waals surface area contributed by atoms with Crippen molar-refractivity contribution in [2.24, 2.45) is 9.81 Å². The predicted molar refractivity (Wildman–Crippen MR) is 41.8 cm³/mol. The van der Waals surface area contributed by atoms with Crippen LogP contribution in [0.1, 0.15) is 13.8 Å². The molecular formula is C6H6F5NO3S. The molecule has 0 aromatic carbocycles. The first-order valence-electron chi connectivity index (χ1n) is 3.59. The second-order valence-electron chi connectivity index (χ2n) is 3.30. The van der Waals surface area contributed by atoms with Crippen molar-refractivity contribution in [1.29, 1.82) is 0 Å². The average Bonchev–Trinajstić information content (AvgIpc) is 2.01. The molecule has 0 aliphatic heterocycles. The summed E-state index contributed by atoms with van der Waals surface area (Å²) in [7, 11) is -5.90. The molecule has 4 nitrogen and oxygen atoms in total. The van der Waals surface area contributed by atoms with E-state index in [2.05, 4.69) is 0 Å². The maximum atomic E-state index is 13.1. The molecule has 0 aliphatic carbocycles. The van der Waals surface area contributed by atoms with Gasteiger partial charge in [0.15, 0.2) is 0 Å². The highest BCUT2D eigenvalue weighted by atomic mass is 32.2. The predicted octanol–water partition coefficient (Wildman–Crippen LogP) is 1.83. The highest BCUT2D eigenvalue weighted by Gasteiger charge is 2.69. The van der Waals surface area contributed by atoms with Crippen LogP contribution >= 0.6 is 0 Å². The third kappa shape index (κ3) is 2.07. The highest BCUT2D eigenvalue weighted by Crippen LogP contribution is 2.51. The number of nitrogens with zero attached hydrogens (tertiary/aromatic N) is 1. The first-order chi connectivity index (χ1) is 6.81. The fraction of sp³-hybridized carbons (Fsp3) is 0.833. The Kier molecular flexibility index (Phi) is 3.53. The number of carbonyl (C=O) groups excluding carboxylic acids is 1. The van der Waals surface area contributed by atoms with E-state index in [4.69, 9.17) is 0 Å². The van der Waals surface area contributed by atoms with Crippen LogP contribution in [0, 0.1) is 5.41 Å². The molecule has 0 atom stereocenters. The van der Waals surface area contributed by atoms with Gasteiger partial charge in [0.25, 0.3) is 6.08 Å². The molecule has 0 aromatic rings. The van der Waals surface area contributed by atoms with Crippen molar-refractivity contribution in [3.63, 3.8) is 0 Å². The normalized spacial score (nSPS) is 14.4. The zero-order valence-electron chi connectivity index (χ0n) is 7.97. The average molecular weight is 267 g/mol. The van der Waals surface area contributed by atoms with E-state index in [1.807, 2.05) is 0 Å². The largest absolute Gasteiger partial charge is 0.400 e. The molecule has 0 unspecified atom stereocenters. The van der Waals surface area contributed by atoms with Crippen molar-refractivity contribution in [3.8, 4) is 0 Å². The lowest BCUT2D eigenvalue weighted by Gasteiger charge is -2.33. The quantitative estimate of drug-likeness (QED) is 0.445. The summed E-state index contributed by atoms with van der Waals surface area (Å²) in [4.78, 5) is 9.56. The molecule has 0 N–H and O–H groups in total. The molecule has 16 heavy (non-hydrogen) atoms. The minimum absolute atomic E-state index is 0.00905. The van der Waals surface area contributed by atoms with Crippen LogP contribution in [0.2, 0.25) is 0 Å². The molecule has 0 aromatic heterocycles. The van der Waals surface area contributed by atoms with Crippen LogP contribution in [0.4, 0.5) is 22.0 Å². The van der Waals surface area contributed by atoms with Gasteiger partial charge in [-0.05, 0) is 13.8 Å². The van der Waals surface area contributed by atoms with Crippen molar-refractivity contribution in [3.05, 3.63) is 0 Å². The van der Waals surface area contributed by atoms with Gasteiger partial charge >= 0.3 is 21.5 Å². The number of hydrogen-bond acceptors (Lipinski definition) is 3. The maximum absolute atomic E-state index is 13.1. The van der Waals surface area contributed by atoms with Crippen LogP contribution in [0.3, 0.4) is 0 Å². The third-order valence-corrected chi connectivity index (χ3v) is 3.39. The van der Waals surface area contributed by atoms with Gasteiger partial charge in [-0.1, -0.05) is 4.40 Å². The molecule has 0 heterocycles. The van der Waals surface area contributed by atoms with Crippen LogP contribution in [0.5, 0.6) is 0 Å². The monoisotopic (exact) mass is 267 g/mol. The summed E-state index contributed by atoms with van der Waals surface area (Å²) in [6.45, 7) is -0.0181. The lowest BCUT2D eigenvalue weighted by atomic mass is 9.93. The summed E-state index contributed by atoms with van der Waals surface area (Å²) in [5.41, 5.74) is -3.88. The van der Waals surface area contributed by atoms with Gasteiger partial charge in [-0.2, -0.15) is 30.4 Å². The van der Waals surface area contributed by atoms with Gasteiger partial charge in [0.05, 0.1) is 0 Å². The van der Waals surface area contributed by atoms with E-state index in [1.165, 1.54) is 0 Å². The first-order valence-corrected chi connectivity index (χ1v) is 5.03. The van der Waals surface area contributed by atoms with Crippen molar-refractivity contribution >= 4 is 16.1 Å². The Morgan fingerprint density at radius 3 is 1.69 bits per heavy atom. The van der Waals surface area contributed by atoms with Gasteiger partial charge in [0.2, 0.25) is 0 Å². The van der Waals surface area contributed by atoms with Gasteiger partial charge < -0.3 is 0 Å². The molecule has 10 heteroatoms. The Bertz CT molecular complexity index is 418. The van der Waals surface area contributed by atoms with Gasteiger partial charge in [0.1, 0.15) is 5.41 Å². The van der Waals surface area contributed by atoms with E-state index < -0.39 is 26.9 Å². The highest BCUT2D eigenvalue weighted by molar-refractivity contribution is 7.91. The molecule has 0 aliphatic rings. The third-order valence-electron chi connectivity index (χ3n) is 1.92. The fourth-order valence-corrected chi connectivity index (χ4v) is 1.57. The van der Waals surface area contributed by atoms with Crippen molar-refractivity contribution in [2.75, 3.05) is 0 Å². The van der Waals surface area contributed by atoms with Gasteiger partial charge in [-0.25, -0.2) is 4.79 Å². The Morgan fingerprint density at radius 2 is 1.44 bits per heavy atom. The number of rotatable bonds is 3. The van der Waals surface area contributed by atoms with E-state index in [0.29, 0.717) is 0 Å². The summed E-state index contributed by atoms with van der Waals surface area (Å²) in [6, 6.07) is 0. The Morgan fingerprint density at radius 1 is 1.06 bits per heavy atom. The molecule has 0 saturated heterocycles. The zero-order chi connectivity index (χ0) is 13.4. The van der Waals surface area contributed by atoms with Gasteiger partial charge in [0, 0.05) is 0 Å². The smallest absolute Gasteiger partial charge is 0.210 e. The molecule has 0 rings (SSSR count). The topological polar surface area (TPSA) is 63.6 Å². The number of halogens is 5. The fourth-order valence-electron chi connectivity index (χ4n) is 0.594. The lowest BCUT2D eigenvalue weighted by molar-refractivity contribution is -0.260. The zero-order valence-corrected chi connectivity index (χ0v) is 8.79. The first kappa shape index (κ1) is 15.0.